The Morgan fingerprint density at radius 1 is 1.31 bits per heavy atom. The fourth-order valence-corrected chi connectivity index (χ4v) is 2.58. The lowest BCUT2D eigenvalue weighted by molar-refractivity contribution is -0.126. The second-order valence-corrected chi connectivity index (χ2v) is 4.86. The van der Waals surface area contributed by atoms with Gasteiger partial charge in [-0.15, -0.1) is 0 Å². The molecule has 1 aliphatic carbocycles. The zero-order chi connectivity index (χ0) is 12.0. The van der Waals surface area contributed by atoms with Crippen LogP contribution in [0.2, 0.25) is 0 Å². The van der Waals surface area contributed by atoms with Crippen LogP contribution in [0.4, 0.5) is 0 Å². The minimum atomic E-state index is 0.140. The third-order valence-electron chi connectivity index (χ3n) is 3.83. The van der Waals surface area contributed by atoms with Crippen molar-refractivity contribution in [2.75, 3.05) is 6.61 Å². The SMILES string of the molecule is CCC(CC)C(=O)NC1CCCCC1CO. The fraction of sp³-hybridized carbons (Fsp3) is 0.923. The number of hydrogen-bond donors (Lipinski definition) is 2. The van der Waals surface area contributed by atoms with Crippen LogP contribution in [-0.2, 0) is 4.79 Å². The Morgan fingerprint density at radius 3 is 2.50 bits per heavy atom. The van der Waals surface area contributed by atoms with Crippen LogP contribution in [0.25, 0.3) is 0 Å². The molecule has 0 aromatic rings. The second-order valence-electron chi connectivity index (χ2n) is 4.86. The number of carbonyl (C=O) groups is 1. The van der Waals surface area contributed by atoms with Gasteiger partial charge in [-0.1, -0.05) is 26.7 Å². The van der Waals surface area contributed by atoms with E-state index >= 15 is 0 Å². The summed E-state index contributed by atoms with van der Waals surface area (Å²) in [7, 11) is 0. The monoisotopic (exact) mass is 227 g/mol. The molecule has 0 heterocycles. The molecule has 0 radical (unpaired) electrons. The molecule has 0 saturated heterocycles. The van der Waals surface area contributed by atoms with E-state index in [-0.39, 0.29) is 30.4 Å². The lowest BCUT2D eigenvalue weighted by atomic mass is 9.84. The van der Waals surface area contributed by atoms with Crippen molar-refractivity contribution in [2.45, 2.75) is 58.4 Å². The lowest BCUT2D eigenvalue weighted by Crippen LogP contribution is -2.45. The average Bonchev–Trinajstić information content (AvgIpc) is 2.31. The molecule has 0 aliphatic heterocycles. The van der Waals surface area contributed by atoms with Gasteiger partial charge in [-0.05, 0) is 25.7 Å². The fourth-order valence-electron chi connectivity index (χ4n) is 2.58. The molecule has 0 aromatic carbocycles. The molecule has 0 aromatic heterocycles. The molecule has 1 amide bonds. The van der Waals surface area contributed by atoms with Crippen molar-refractivity contribution < 1.29 is 9.90 Å². The Hall–Kier alpha value is -0.570. The van der Waals surface area contributed by atoms with Gasteiger partial charge in [0.25, 0.3) is 0 Å². The molecule has 2 atom stereocenters. The average molecular weight is 227 g/mol. The molecule has 2 N–H and O–H groups in total. The van der Waals surface area contributed by atoms with Crippen LogP contribution in [0.1, 0.15) is 52.4 Å². The molecule has 2 unspecified atom stereocenters. The number of nitrogens with one attached hydrogen (secondary N) is 1. The minimum absolute atomic E-state index is 0.140. The Kier molecular flexibility index (Phi) is 5.81. The van der Waals surface area contributed by atoms with Crippen molar-refractivity contribution >= 4 is 5.91 Å². The van der Waals surface area contributed by atoms with Crippen molar-refractivity contribution in [3.63, 3.8) is 0 Å². The highest BCUT2D eigenvalue weighted by atomic mass is 16.3. The summed E-state index contributed by atoms with van der Waals surface area (Å²) in [6, 6.07) is 0.201. The molecule has 3 nitrogen and oxygen atoms in total. The van der Waals surface area contributed by atoms with Crippen LogP contribution in [0, 0.1) is 11.8 Å². The second kappa shape index (κ2) is 6.89. The van der Waals surface area contributed by atoms with Crippen molar-refractivity contribution in [3.8, 4) is 0 Å². The van der Waals surface area contributed by atoms with Gasteiger partial charge >= 0.3 is 0 Å². The molecule has 1 saturated carbocycles. The predicted octanol–water partition coefficient (Wildman–Crippen LogP) is 2.09. The molecule has 1 aliphatic rings. The summed E-state index contributed by atoms with van der Waals surface area (Å²) < 4.78 is 0. The summed E-state index contributed by atoms with van der Waals surface area (Å²) in [4.78, 5) is 11.9. The van der Waals surface area contributed by atoms with Crippen LogP contribution in [0.3, 0.4) is 0 Å². The predicted molar refractivity (Wildman–Crippen MR) is 65.0 cm³/mol. The summed E-state index contributed by atoms with van der Waals surface area (Å²) in [5, 5.41) is 12.4. The molecule has 1 fully saturated rings. The van der Waals surface area contributed by atoms with E-state index < -0.39 is 0 Å². The number of amides is 1. The van der Waals surface area contributed by atoms with Crippen LogP contribution in [0.5, 0.6) is 0 Å². The normalized spacial score (nSPS) is 25.8. The maximum absolute atomic E-state index is 11.9. The van der Waals surface area contributed by atoms with Gasteiger partial charge in [0.1, 0.15) is 0 Å². The summed E-state index contributed by atoms with van der Waals surface area (Å²) >= 11 is 0. The van der Waals surface area contributed by atoms with Gasteiger partial charge in [-0.25, -0.2) is 0 Å². The van der Waals surface area contributed by atoms with Gasteiger partial charge in [0.15, 0.2) is 0 Å². The number of aliphatic hydroxyl groups is 1. The van der Waals surface area contributed by atoms with Crippen LogP contribution >= 0.6 is 0 Å². The van der Waals surface area contributed by atoms with E-state index in [2.05, 4.69) is 19.2 Å². The van der Waals surface area contributed by atoms with Crippen molar-refractivity contribution in [2.24, 2.45) is 11.8 Å². The Labute approximate surface area is 98.6 Å². The molecule has 1 rings (SSSR count). The zero-order valence-electron chi connectivity index (χ0n) is 10.5. The van der Waals surface area contributed by atoms with Gasteiger partial charge in [0.2, 0.25) is 5.91 Å². The first-order valence-corrected chi connectivity index (χ1v) is 6.64. The first-order chi connectivity index (χ1) is 7.72. The smallest absolute Gasteiger partial charge is 0.223 e. The molecule has 94 valence electrons. The van der Waals surface area contributed by atoms with Crippen LogP contribution in [-0.4, -0.2) is 23.7 Å². The number of hydrogen-bond acceptors (Lipinski definition) is 2. The molecule has 3 heteroatoms. The van der Waals surface area contributed by atoms with E-state index in [9.17, 15) is 9.90 Å². The van der Waals surface area contributed by atoms with E-state index in [1.807, 2.05) is 0 Å². The van der Waals surface area contributed by atoms with Gasteiger partial charge < -0.3 is 10.4 Å². The highest BCUT2D eigenvalue weighted by molar-refractivity contribution is 5.78. The van der Waals surface area contributed by atoms with Gasteiger partial charge in [-0.2, -0.15) is 0 Å². The quantitative estimate of drug-likeness (QED) is 0.755. The van der Waals surface area contributed by atoms with Crippen molar-refractivity contribution in [3.05, 3.63) is 0 Å². The molecular weight excluding hydrogens is 202 g/mol. The first-order valence-electron chi connectivity index (χ1n) is 6.64. The standard InChI is InChI=1S/C13H25NO2/c1-3-10(4-2)13(16)14-12-8-6-5-7-11(12)9-15/h10-12,15H,3-9H2,1-2H3,(H,14,16). The van der Waals surface area contributed by atoms with Gasteiger partial charge in [0.05, 0.1) is 0 Å². The Balaban J connectivity index is 2.47. The summed E-state index contributed by atoms with van der Waals surface area (Å²) in [5.74, 6) is 0.587. The Morgan fingerprint density at radius 2 is 1.94 bits per heavy atom. The molecule has 0 bridgehead atoms. The summed E-state index contributed by atoms with van der Waals surface area (Å²) in [5.41, 5.74) is 0. The van der Waals surface area contributed by atoms with E-state index in [1.165, 1.54) is 12.8 Å². The number of rotatable bonds is 5. The lowest BCUT2D eigenvalue weighted by Gasteiger charge is -2.31. The van der Waals surface area contributed by atoms with E-state index in [4.69, 9.17) is 0 Å². The maximum atomic E-state index is 11.9. The highest BCUT2D eigenvalue weighted by Gasteiger charge is 2.27. The topological polar surface area (TPSA) is 49.3 Å². The third-order valence-corrected chi connectivity index (χ3v) is 3.83. The summed E-state index contributed by atoms with van der Waals surface area (Å²) in [6.45, 7) is 4.31. The molecule has 0 spiro atoms. The van der Waals surface area contributed by atoms with Crippen molar-refractivity contribution in [1.82, 2.24) is 5.32 Å². The number of aliphatic hydroxyl groups excluding tert-OH is 1. The van der Waals surface area contributed by atoms with Crippen LogP contribution < -0.4 is 5.32 Å². The minimum Gasteiger partial charge on any atom is -0.396 e. The maximum Gasteiger partial charge on any atom is 0.223 e. The third kappa shape index (κ3) is 3.48. The summed E-state index contributed by atoms with van der Waals surface area (Å²) in [6.07, 6.45) is 6.23. The first kappa shape index (κ1) is 13.5. The van der Waals surface area contributed by atoms with Gasteiger partial charge in [0, 0.05) is 24.5 Å². The Bertz CT molecular complexity index is 214. The largest absolute Gasteiger partial charge is 0.396 e. The van der Waals surface area contributed by atoms with E-state index in [0.717, 1.165) is 25.7 Å². The van der Waals surface area contributed by atoms with Crippen molar-refractivity contribution in [1.29, 1.82) is 0 Å². The van der Waals surface area contributed by atoms with Crippen LogP contribution in [0.15, 0.2) is 0 Å². The number of carbonyl (C=O) groups excluding carboxylic acids is 1. The molecular formula is C13H25NO2. The zero-order valence-corrected chi connectivity index (χ0v) is 10.5. The highest BCUT2D eigenvalue weighted by Crippen LogP contribution is 2.24. The van der Waals surface area contributed by atoms with Gasteiger partial charge in [-0.3, -0.25) is 4.79 Å². The molecule has 16 heavy (non-hydrogen) atoms. The van der Waals surface area contributed by atoms with E-state index in [1.54, 1.807) is 0 Å². The van der Waals surface area contributed by atoms with E-state index in [0.29, 0.717) is 0 Å².